The predicted octanol–water partition coefficient (Wildman–Crippen LogP) is 2.70. The highest BCUT2D eigenvalue weighted by Gasteiger charge is 2.46. The first-order chi connectivity index (χ1) is 19.9. The van der Waals surface area contributed by atoms with E-state index in [9.17, 15) is 18.3 Å². The quantitative estimate of drug-likeness (QED) is 0.252. The molecule has 0 aliphatic carbocycles. The minimum atomic E-state index is -4.29. The fraction of sp³-hybridized carbons (Fsp3) is 0.567. The number of ether oxygens (including phenoxy) is 4. The zero-order chi connectivity index (χ0) is 30.5. The Hall–Kier alpha value is -2.74. The van der Waals surface area contributed by atoms with E-state index in [4.69, 9.17) is 24.7 Å². The van der Waals surface area contributed by atoms with Crippen molar-refractivity contribution in [1.29, 1.82) is 0 Å². The molecule has 0 unspecified atom stereocenters. The van der Waals surface area contributed by atoms with Crippen molar-refractivity contribution < 1.29 is 37.3 Å². The summed E-state index contributed by atoms with van der Waals surface area (Å²) in [5, 5.41) is 13.7. The number of alkyl carbamates (subject to hydrolysis) is 1. The van der Waals surface area contributed by atoms with Crippen LogP contribution in [0.15, 0.2) is 53.4 Å². The van der Waals surface area contributed by atoms with E-state index in [1.165, 1.54) is 20.1 Å². The van der Waals surface area contributed by atoms with E-state index in [2.05, 4.69) is 23.9 Å². The number of fused-ring (bicyclic) bond motifs is 1. The molecule has 2 aromatic rings. The number of benzene rings is 2. The second-order valence-electron chi connectivity index (χ2n) is 11.9. The summed E-state index contributed by atoms with van der Waals surface area (Å²) in [5.74, 6) is 0.448. The third kappa shape index (κ3) is 7.61. The molecule has 1 amide bonds. The number of aliphatic hydroxyl groups excluding tert-OH is 1. The molecule has 2 aliphatic heterocycles. The van der Waals surface area contributed by atoms with Gasteiger partial charge in [0, 0.05) is 6.42 Å². The first-order valence-corrected chi connectivity index (χ1v) is 15.7. The highest BCUT2D eigenvalue weighted by Crippen LogP contribution is 2.34. The number of aliphatic hydroxyl groups is 1. The Morgan fingerprint density at radius 3 is 2.57 bits per heavy atom. The molecule has 42 heavy (non-hydrogen) atoms. The van der Waals surface area contributed by atoms with Gasteiger partial charge in [0.2, 0.25) is 10.0 Å². The lowest BCUT2D eigenvalue weighted by Gasteiger charge is -2.38. The molecule has 232 valence electrons. The molecular formula is C30H43N3O8S. The summed E-state index contributed by atoms with van der Waals surface area (Å²) in [5.41, 5.74) is 5.14. The van der Waals surface area contributed by atoms with E-state index in [0.29, 0.717) is 42.9 Å². The van der Waals surface area contributed by atoms with Crippen molar-refractivity contribution in [2.75, 3.05) is 26.9 Å². The first-order valence-electron chi connectivity index (χ1n) is 14.2. The molecule has 12 heteroatoms. The monoisotopic (exact) mass is 605 g/mol. The molecule has 5 atom stereocenters. The number of nitrogens with one attached hydrogen (secondary N) is 2. The van der Waals surface area contributed by atoms with Crippen LogP contribution in [0.25, 0.3) is 0 Å². The molecule has 2 saturated heterocycles. The van der Waals surface area contributed by atoms with Gasteiger partial charge in [-0.3, -0.25) is 5.32 Å². The van der Waals surface area contributed by atoms with Crippen LogP contribution in [0.3, 0.4) is 0 Å². The summed E-state index contributed by atoms with van der Waals surface area (Å²) < 4.78 is 52.8. The zero-order valence-corrected chi connectivity index (χ0v) is 25.5. The molecule has 0 spiro atoms. The predicted molar refractivity (Wildman–Crippen MR) is 156 cm³/mol. The van der Waals surface area contributed by atoms with Gasteiger partial charge < -0.3 is 29.8 Å². The lowest BCUT2D eigenvalue weighted by atomic mass is 9.82. The Morgan fingerprint density at radius 2 is 1.90 bits per heavy atom. The van der Waals surface area contributed by atoms with Gasteiger partial charge in [-0.1, -0.05) is 44.2 Å². The van der Waals surface area contributed by atoms with Gasteiger partial charge in [-0.15, -0.1) is 0 Å². The van der Waals surface area contributed by atoms with Crippen LogP contribution < -0.4 is 20.5 Å². The SMILES string of the molecule is COc1ccc(S(=O)(=O)N[C@](Cc2ccccc2)(NC(=O)O[C@H]2CO[C@H]3OCC[C@H]32)[C@@H](C)O)cc1CC(C)(C)CCN. The van der Waals surface area contributed by atoms with Crippen molar-refractivity contribution in [3.05, 3.63) is 59.7 Å². The standard InChI is InChI=1S/C30H43N3O8S/c1-20(34)30(17-21-8-6-5-7-9-21,32-28(35)41-26-19-40-27-24(26)12-15-39-27)33-42(36,37)23-10-11-25(38-4)22(16-23)18-29(2,3)13-14-31/h5-11,16,20,24,26-27,33-34H,12-15,17-19,31H2,1-4H3,(H,32,35)/t20-,24+,26+,27-,30+/m1/s1. The van der Waals surface area contributed by atoms with E-state index in [1.807, 2.05) is 6.07 Å². The van der Waals surface area contributed by atoms with Gasteiger partial charge in [-0.05, 0) is 67.5 Å². The van der Waals surface area contributed by atoms with Crippen LogP contribution in [0, 0.1) is 11.3 Å². The Morgan fingerprint density at radius 1 is 1.17 bits per heavy atom. The Bertz CT molecular complexity index is 1320. The molecule has 0 bridgehead atoms. The summed E-state index contributed by atoms with van der Waals surface area (Å²) in [7, 11) is -2.76. The summed E-state index contributed by atoms with van der Waals surface area (Å²) in [6.45, 7) is 6.71. The highest BCUT2D eigenvalue weighted by atomic mass is 32.2. The minimum Gasteiger partial charge on any atom is -0.496 e. The molecular weight excluding hydrogens is 562 g/mol. The first kappa shape index (κ1) is 32.2. The largest absolute Gasteiger partial charge is 0.496 e. The number of hydrogen-bond donors (Lipinski definition) is 4. The lowest BCUT2D eigenvalue weighted by Crippen LogP contribution is -2.68. The number of sulfonamides is 1. The number of amides is 1. The lowest BCUT2D eigenvalue weighted by molar-refractivity contribution is -0.0907. The number of methoxy groups -OCH3 is 1. The summed E-state index contributed by atoms with van der Waals surface area (Å²) in [4.78, 5) is 13.2. The van der Waals surface area contributed by atoms with Gasteiger partial charge in [0.1, 0.15) is 17.5 Å². The van der Waals surface area contributed by atoms with Crippen LogP contribution in [0.2, 0.25) is 0 Å². The number of carbonyl (C=O) groups is 1. The molecule has 0 radical (unpaired) electrons. The van der Waals surface area contributed by atoms with Crippen LogP contribution in [-0.4, -0.2) is 70.6 Å². The average Bonchev–Trinajstić information content (AvgIpc) is 3.54. The van der Waals surface area contributed by atoms with E-state index in [-0.39, 0.29) is 29.3 Å². The Balaban J connectivity index is 1.65. The zero-order valence-electron chi connectivity index (χ0n) is 24.7. The molecule has 11 nitrogen and oxygen atoms in total. The van der Waals surface area contributed by atoms with Gasteiger partial charge in [-0.2, -0.15) is 4.72 Å². The number of hydrogen-bond acceptors (Lipinski definition) is 9. The van der Waals surface area contributed by atoms with Gasteiger partial charge >= 0.3 is 6.09 Å². The summed E-state index contributed by atoms with van der Waals surface area (Å²) in [6.07, 6.45) is -1.32. The van der Waals surface area contributed by atoms with Crippen LogP contribution in [-0.2, 0) is 37.1 Å². The number of rotatable bonds is 13. The van der Waals surface area contributed by atoms with Gasteiger partial charge in [0.15, 0.2) is 6.29 Å². The van der Waals surface area contributed by atoms with E-state index in [0.717, 1.165) is 6.42 Å². The molecule has 5 N–H and O–H groups in total. The molecule has 2 heterocycles. The minimum absolute atomic E-state index is 0.0368. The van der Waals surface area contributed by atoms with Crippen molar-refractivity contribution in [2.45, 2.75) is 75.5 Å². The smallest absolute Gasteiger partial charge is 0.409 e. The summed E-state index contributed by atoms with van der Waals surface area (Å²) >= 11 is 0. The van der Waals surface area contributed by atoms with E-state index in [1.54, 1.807) is 36.4 Å². The maximum Gasteiger partial charge on any atom is 0.409 e. The topological polar surface area (TPSA) is 158 Å². The third-order valence-corrected chi connectivity index (χ3v) is 9.48. The van der Waals surface area contributed by atoms with Gasteiger partial charge in [0.05, 0.1) is 37.2 Å². The van der Waals surface area contributed by atoms with Crippen molar-refractivity contribution in [2.24, 2.45) is 17.1 Å². The van der Waals surface area contributed by atoms with Crippen molar-refractivity contribution in [3.63, 3.8) is 0 Å². The van der Waals surface area contributed by atoms with Crippen LogP contribution in [0.5, 0.6) is 5.75 Å². The van der Waals surface area contributed by atoms with Gasteiger partial charge in [-0.25, -0.2) is 13.2 Å². The highest BCUT2D eigenvalue weighted by molar-refractivity contribution is 7.89. The Labute approximate surface area is 248 Å². The van der Waals surface area contributed by atoms with Crippen LogP contribution in [0.1, 0.15) is 44.7 Å². The molecule has 2 aliphatic rings. The number of carbonyl (C=O) groups excluding carboxylic acids is 1. The molecule has 0 aromatic heterocycles. The second-order valence-corrected chi connectivity index (χ2v) is 13.5. The normalized spacial score (nSPS) is 22.7. The Kier molecular flexibility index (Phi) is 10.2. The van der Waals surface area contributed by atoms with Crippen molar-refractivity contribution in [1.82, 2.24) is 10.0 Å². The van der Waals surface area contributed by atoms with Crippen molar-refractivity contribution >= 4 is 16.1 Å². The van der Waals surface area contributed by atoms with Crippen LogP contribution >= 0.6 is 0 Å². The maximum absolute atomic E-state index is 13.9. The fourth-order valence-corrected chi connectivity index (χ4v) is 7.05. The maximum atomic E-state index is 13.9. The fourth-order valence-electron chi connectivity index (χ4n) is 5.61. The van der Waals surface area contributed by atoms with Crippen molar-refractivity contribution in [3.8, 4) is 5.75 Å². The third-order valence-electron chi connectivity index (χ3n) is 7.98. The molecule has 2 fully saturated rings. The van der Waals surface area contributed by atoms with Crippen LogP contribution in [0.4, 0.5) is 4.79 Å². The average molecular weight is 606 g/mol. The molecule has 2 aromatic carbocycles. The molecule has 0 saturated carbocycles. The summed E-state index contributed by atoms with van der Waals surface area (Å²) in [6, 6.07) is 13.6. The van der Waals surface area contributed by atoms with E-state index >= 15 is 0 Å². The molecule has 4 rings (SSSR count). The number of nitrogens with two attached hydrogens (primary N) is 1. The second kappa shape index (κ2) is 13.3. The van der Waals surface area contributed by atoms with Gasteiger partial charge in [0.25, 0.3) is 0 Å². The van der Waals surface area contributed by atoms with E-state index < -0.39 is 40.3 Å².